The molecule has 0 radical (unpaired) electrons. The summed E-state index contributed by atoms with van der Waals surface area (Å²) in [6.45, 7) is 4.23. The van der Waals surface area contributed by atoms with Crippen molar-refractivity contribution >= 4 is 10.8 Å². The maximum absolute atomic E-state index is 9.39. The Hall–Kier alpha value is -1.41. The summed E-state index contributed by atoms with van der Waals surface area (Å²) < 4.78 is 0. The van der Waals surface area contributed by atoms with Crippen molar-refractivity contribution in [2.24, 2.45) is 0 Å². The van der Waals surface area contributed by atoms with Gasteiger partial charge in [-0.15, -0.1) is 0 Å². The third-order valence-corrected chi connectivity index (χ3v) is 2.81. The summed E-state index contributed by atoms with van der Waals surface area (Å²) in [7, 11) is 0. The Kier molecular flexibility index (Phi) is 2.45. The summed E-state index contributed by atoms with van der Waals surface area (Å²) in [5.41, 5.74) is 0.964. The molecule has 1 N–H and O–H groups in total. The summed E-state index contributed by atoms with van der Waals surface area (Å²) in [6.07, 6.45) is 3.64. The van der Waals surface area contributed by atoms with E-state index in [0.29, 0.717) is 0 Å². The average Bonchev–Trinajstić information content (AvgIpc) is 2.28. The second kappa shape index (κ2) is 3.63. The van der Waals surface area contributed by atoms with Gasteiger partial charge in [0.25, 0.3) is 0 Å². The summed E-state index contributed by atoms with van der Waals surface area (Å²) in [5, 5.41) is 11.7. The molecule has 0 unspecified atom stereocenters. The first kappa shape index (κ1) is 10.1. The van der Waals surface area contributed by atoms with Crippen molar-refractivity contribution < 1.29 is 5.11 Å². The van der Waals surface area contributed by atoms with Gasteiger partial charge in [-0.3, -0.25) is 4.98 Å². The number of nitrogens with zero attached hydrogens (tertiary/aromatic N) is 1. The van der Waals surface area contributed by atoms with E-state index in [1.807, 2.05) is 38.2 Å². The molecule has 2 aromatic rings. The minimum absolute atomic E-state index is 0.147. The molecule has 0 spiro atoms. The number of hydrogen-bond donors (Lipinski definition) is 1. The molecule has 15 heavy (non-hydrogen) atoms. The lowest BCUT2D eigenvalue weighted by Gasteiger charge is -2.23. The van der Waals surface area contributed by atoms with Gasteiger partial charge in [-0.25, -0.2) is 0 Å². The van der Waals surface area contributed by atoms with Gasteiger partial charge in [0.05, 0.1) is 6.61 Å². The van der Waals surface area contributed by atoms with Crippen LogP contribution in [0.4, 0.5) is 0 Å². The number of aliphatic hydroxyl groups is 1. The van der Waals surface area contributed by atoms with Crippen molar-refractivity contribution in [1.82, 2.24) is 4.98 Å². The zero-order valence-electron chi connectivity index (χ0n) is 9.07. The average molecular weight is 201 g/mol. The first-order chi connectivity index (χ1) is 7.15. The van der Waals surface area contributed by atoms with E-state index in [1.54, 1.807) is 6.20 Å². The first-order valence-electron chi connectivity index (χ1n) is 5.09. The second-order valence-corrected chi connectivity index (χ2v) is 4.44. The molecule has 1 heterocycles. The lowest BCUT2D eigenvalue weighted by Crippen LogP contribution is -2.22. The van der Waals surface area contributed by atoms with Crippen LogP contribution in [0, 0.1) is 0 Å². The van der Waals surface area contributed by atoms with Gasteiger partial charge in [-0.05, 0) is 17.0 Å². The molecule has 2 nitrogen and oxygen atoms in total. The largest absolute Gasteiger partial charge is 0.395 e. The van der Waals surface area contributed by atoms with Crippen molar-refractivity contribution in [2.45, 2.75) is 19.3 Å². The number of aliphatic hydroxyl groups excluding tert-OH is 1. The molecular weight excluding hydrogens is 186 g/mol. The number of hydrogen-bond acceptors (Lipinski definition) is 2. The van der Waals surface area contributed by atoms with Crippen molar-refractivity contribution in [2.75, 3.05) is 6.61 Å². The first-order valence-corrected chi connectivity index (χ1v) is 5.09. The van der Waals surface area contributed by atoms with Crippen LogP contribution < -0.4 is 0 Å². The molecule has 0 aliphatic rings. The van der Waals surface area contributed by atoms with Crippen LogP contribution in [0.5, 0.6) is 0 Å². The maximum Gasteiger partial charge on any atom is 0.0522 e. The van der Waals surface area contributed by atoms with Gasteiger partial charge in [0.2, 0.25) is 0 Å². The summed E-state index contributed by atoms with van der Waals surface area (Å²) in [5.74, 6) is 0. The highest BCUT2D eigenvalue weighted by molar-refractivity contribution is 5.85. The van der Waals surface area contributed by atoms with Crippen molar-refractivity contribution in [3.8, 4) is 0 Å². The van der Waals surface area contributed by atoms with Gasteiger partial charge < -0.3 is 5.11 Å². The second-order valence-electron chi connectivity index (χ2n) is 4.44. The Labute approximate surface area is 89.6 Å². The van der Waals surface area contributed by atoms with Crippen LogP contribution in [-0.2, 0) is 5.41 Å². The van der Waals surface area contributed by atoms with Gasteiger partial charge in [0.1, 0.15) is 0 Å². The van der Waals surface area contributed by atoms with Gasteiger partial charge in [-0.1, -0.05) is 32.0 Å². The fourth-order valence-electron chi connectivity index (χ4n) is 1.80. The van der Waals surface area contributed by atoms with Gasteiger partial charge in [-0.2, -0.15) is 0 Å². The van der Waals surface area contributed by atoms with E-state index in [-0.39, 0.29) is 12.0 Å². The normalized spacial score (nSPS) is 11.9. The highest BCUT2D eigenvalue weighted by atomic mass is 16.3. The number of pyridine rings is 1. The quantitative estimate of drug-likeness (QED) is 0.809. The summed E-state index contributed by atoms with van der Waals surface area (Å²) in [4.78, 5) is 4.10. The van der Waals surface area contributed by atoms with Crippen molar-refractivity contribution in [3.05, 3.63) is 42.2 Å². The molecule has 0 fully saturated rings. The molecule has 78 valence electrons. The molecule has 0 saturated carbocycles. The van der Waals surface area contributed by atoms with E-state index in [0.717, 1.165) is 5.39 Å². The predicted molar refractivity (Wildman–Crippen MR) is 61.9 cm³/mol. The maximum atomic E-state index is 9.39. The zero-order valence-corrected chi connectivity index (χ0v) is 9.07. The highest BCUT2D eigenvalue weighted by Crippen LogP contribution is 2.29. The molecule has 0 saturated heterocycles. The Balaban J connectivity index is 2.71. The molecule has 1 aromatic heterocycles. The van der Waals surface area contributed by atoms with Gasteiger partial charge in [0, 0.05) is 23.2 Å². The van der Waals surface area contributed by atoms with Crippen LogP contribution >= 0.6 is 0 Å². The van der Waals surface area contributed by atoms with Crippen LogP contribution in [0.3, 0.4) is 0 Å². The Morgan fingerprint density at radius 3 is 2.80 bits per heavy atom. The number of benzene rings is 1. The summed E-state index contributed by atoms with van der Waals surface area (Å²) in [6, 6.07) is 8.12. The Morgan fingerprint density at radius 1 is 1.27 bits per heavy atom. The molecule has 1 aromatic carbocycles. The molecule has 0 bridgehead atoms. The minimum Gasteiger partial charge on any atom is -0.395 e. The zero-order chi connectivity index (χ0) is 10.9. The summed E-state index contributed by atoms with van der Waals surface area (Å²) >= 11 is 0. The highest BCUT2D eigenvalue weighted by Gasteiger charge is 2.21. The van der Waals surface area contributed by atoms with Crippen LogP contribution in [0.2, 0.25) is 0 Å². The SMILES string of the molecule is CC(C)(CO)c1cccc2cnccc12. The lowest BCUT2D eigenvalue weighted by molar-refractivity contribution is 0.219. The van der Waals surface area contributed by atoms with E-state index in [9.17, 15) is 5.11 Å². The lowest BCUT2D eigenvalue weighted by atomic mass is 9.83. The molecule has 2 heteroatoms. The van der Waals surface area contributed by atoms with E-state index >= 15 is 0 Å². The molecule has 0 amide bonds. The standard InChI is InChI=1S/C13H15NO/c1-13(2,9-15)12-5-3-4-10-8-14-7-6-11(10)12/h3-8,15H,9H2,1-2H3. The topological polar surface area (TPSA) is 33.1 Å². The molecule has 2 rings (SSSR count). The predicted octanol–water partition coefficient (Wildman–Crippen LogP) is 2.50. The number of fused-ring (bicyclic) bond motifs is 1. The van der Waals surface area contributed by atoms with Crippen molar-refractivity contribution in [1.29, 1.82) is 0 Å². The fourth-order valence-corrected chi connectivity index (χ4v) is 1.80. The van der Waals surface area contributed by atoms with Gasteiger partial charge in [0.15, 0.2) is 0 Å². The van der Waals surface area contributed by atoms with Crippen LogP contribution in [0.25, 0.3) is 10.8 Å². The smallest absolute Gasteiger partial charge is 0.0522 e. The van der Waals surface area contributed by atoms with E-state index < -0.39 is 0 Å². The third-order valence-electron chi connectivity index (χ3n) is 2.81. The van der Waals surface area contributed by atoms with E-state index in [4.69, 9.17) is 0 Å². The molecular formula is C13H15NO. The molecule has 0 aliphatic carbocycles. The molecule has 0 aliphatic heterocycles. The van der Waals surface area contributed by atoms with Crippen LogP contribution in [-0.4, -0.2) is 16.7 Å². The minimum atomic E-state index is -0.207. The van der Waals surface area contributed by atoms with Gasteiger partial charge >= 0.3 is 0 Å². The Morgan fingerprint density at radius 2 is 2.07 bits per heavy atom. The third kappa shape index (κ3) is 1.73. The number of aromatic nitrogens is 1. The number of rotatable bonds is 2. The monoisotopic (exact) mass is 201 g/mol. The fraction of sp³-hybridized carbons (Fsp3) is 0.308. The van der Waals surface area contributed by atoms with Crippen molar-refractivity contribution in [3.63, 3.8) is 0 Å². The van der Waals surface area contributed by atoms with Crippen LogP contribution in [0.15, 0.2) is 36.7 Å². The van der Waals surface area contributed by atoms with E-state index in [1.165, 1.54) is 10.9 Å². The molecule has 0 atom stereocenters. The Bertz CT molecular complexity index is 471. The van der Waals surface area contributed by atoms with E-state index in [2.05, 4.69) is 11.1 Å². The van der Waals surface area contributed by atoms with Crippen LogP contribution in [0.1, 0.15) is 19.4 Å².